The maximum Gasteiger partial charge on any atom is 0.213 e. The van der Waals surface area contributed by atoms with Crippen LogP contribution in [-0.2, 0) is 25.7 Å². The van der Waals surface area contributed by atoms with E-state index in [1.165, 1.54) is 41.5 Å². The summed E-state index contributed by atoms with van der Waals surface area (Å²) in [4.78, 5) is 4.12. The van der Waals surface area contributed by atoms with Gasteiger partial charge in [-0.3, -0.25) is 0 Å². The maximum atomic E-state index is 6.30. The summed E-state index contributed by atoms with van der Waals surface area (Å²) in [5, 5.41) is 0. The van der Waals surface area contributed by atoms with E-state index in [0.717, 1.165) is 46.2 Å². The van der Waals surface area contributed by atoms with Gasteiger partial charge in [-0.15, -0.1) is 0 Å². The highest BCUT2D eigenvalue weighted by Gasteiger charge is 2.17. The number of aromatic nitrogens is 1. The van der Waals surface area contributed by atoms with Crippen molar-refractivity contribution < 1.29 is 4.74 Å². The van der Waals surface area contributed by atoms with Crippen molar-refractivity contribution in [2.75, 3.05) is 18.6 Å². The first-order valence-corrected chi connectivity index (χ1v) is 10.8. The Morgan fingerprint density at radius 3 is 2.21 bits per heavy atom. The second kappa shape index (κ2) is 8.46. The normalized spacial score (nSPS) is 14.0. The number of rotatable bonds is 2. The lowest BCUT2D eigenvalue weighted by Crippen LogP contribution is -1.97. The van der Waals surface area contributed by atoms with E-state index >= 15 is 0 Å². The highest BCUT2D eigenvalue weighted by atomic mass is 79.9. The SMILES string of the molecule is COc1cc(-c2ccc3c(c2N)CCC3)ccn1.Nc1c(Br)ccc2c1CCC2. The van der Waals surface area contributed by atoms with Gasteiger partial charge in [-0.05, 0) is 94.4 Å². The number of nitrogens with zero attached hydrogens (tertiary/aromatic N) is 1. The zero-order chi connectivity index (χ0) is 20.4. The zero-order valence-corrected chi connectivity index (χ0v) is 18.3. The fraction of sp³-hybridized carbons (Fsp3) is 0.292. The molecule has 5 rings (SSSR count). The minimum absolute atomic E-state index is 0.618. The summed E-state index contributed by atoms with van der Waals surface area (Å²) >= 11 is 3.42. The minimum Gasteiger partial charge on any atom is -0.481 e. The summed E-state index contributed by atoms with van der Waals surface area (Å²) in [5.41, 5.74) is 21.7. The van der Waals surface area contributed by atoms with Crippen LogP contribution < -0.4 is 16.2 Å². The van der Waals surface area contributed by atoms with E-state index < -0.39 is 0 Å². The Labute approximate surface area is 180 Å². The van der Waals surface area contributed by atoms with Crippen LogP contribution in [0.3, 0.4) is 0 Å². The molecule has 1 aromatic heterocycles. The lowest BCUT2D eigenvalue weighted by atomic mass is 9.98. The third kappa shape index (κ3) is 3.97. The zero-order valence-electron chi connectivity index (χ0n) is 16.7. The molecule has 0 aliphatic heterocycles. The van der Waals surface area contributed by atoms with E-state index in [1.807, 2.05) is 18.2 Å². The molecule has 0 saturated carbocycles. The standard InChI is InChI=1S/C15H16N2O.C9H10BrN/c1-18-14-9-11(7-8-17-14)13-6-5-10-3-2-4-12(10)15(13)16;10-8-5-4-6-2-1-3-7(6)9(8)11/h5-9H,2-4,16H2,1H3;4-5H,1-3,11H2. The Morgan fingerprint density at radius 1 is 0.862 bits per heavy atom. The van der Waals surface area contributed by atoms with Crippen molar-refractivity contribution >= 4 is 27.3 Å². The smallest absolute Gasteiger partial charge is 0.213 e. The van der Waals surface area contributed by atoms with Crippen molar-refractivity contribution in [1.82, 2.24) is 4.98 Å². The Kier molecular flexibility index (Phi) is 5.76. The van der Waals surface area contributed by atoms with E-state index in [9.17, 15) is 0 Å². The average molecular weight is 452 g/mol. The number of pyridine rings is 1. The van der Waals surface area contributed by atoms with Gasteiger partial charge >= 0.3 is 0 Å². The molecule has 4 nitrogen and oxygen atoms in total. The van der Waals surface area contributed by atoms with Crippen molar-refractivity contribution in [3.8, 4) is 17.0 Å². The number of hydrogen-bond acceptors (Lipinski definition) is 4. The van der Waals surface area contributed by atoms with Crippen LogP contribution in [0.15, 0.2) is 47.1 Å². The van der Waals surface area contributed by atoms with Crippen molar-refractivity contribution in [2.45, 2.75) is 38.5 Å². The Hall–Kier alpha value is -2.53. The van der Waals surface area contributed by atoms with Gasteiger partial charge in [0.1, 0.15) is 0 Å². The molecule has 0 fully saturated rings. The molecule has 4 N–H and O–H groups in total. The third-order valence-electron chi connectivity index (χ3n) is 5.86. The molecule has 2 aliphatic rings. The van der Waals surface area contributed by atoms with Crippen LogP contribution in [-0.4, -0.2) is 12.1 Å². The van der Waals surface area contributed by atoms with Crippen LogP contribution in [0.25, 0.3) is 11.1 Å². The summed E-state index contributed by atoms with van der Waals surface area (Å²) in [6, 6.07) is 12.4. The van der Waals surface area contributed by atoms with Crippen molar-refractivity contribution in [1.29, 1.82) is 0 Å². The van der Waals surface area contributed by atoms with Gasteiger partial charge in [-0.1, -0.05) is 18.2 Å². The molecule has 5 heteroatoms. The molecule has 0 unspecified atom stereocenters. The van der Waals surface area contributed by atoms with E-state index in [0.29, 0.717) is 5.88 Å². The number of anilines is 2. The summed E-state index contributed by atoms with van der Waals surface area (Å²) < 4.78 is 6.20. The predicted molar refractivity (Wildman–Crippen MR) is 123 cm³/mol. The van der Waals surface area contributed by atoms with Crippen LogP contribution in [0.1, 0.15) is 35.1 Å². The van der Waals surface area contributed by atoms with Crippen LogP contribution in [0.2, 0.25) is 0 Å². The summed E-state index contributed by atoms with van der Waals surface area (Å²) in [6.07, 6.45) is 8.82. The summed E-state index contributed by atoms with van der Waals surface area (Å²) in [5.74, 6) is 0.618. The molecule has 29 heavy (non-hydrogen) atoms. The molecule has 2 aliphatic carbocycles. The molecule has 0 radical (unpaired) electrons. The van der Waals surface area contributed by atoms with Crippen molar-refractivity contribution in [3.63, 3.8) is 0 Å². The van der Waals surface area contributed by atoms with Gasteiger partial charge in [-0.2, -0.15) is 0 Å². The number of nitrogens with two attached hydrogens (primary N) is 2. The van der Waals surface area contributed by atoms with Gasteiger partial charge in [0, 0.05) is 33.7 Å². The topological polar surface area (TPSA) is 74.2 Å². The van der Waals surface area contributed by atoms with E-state index in [1.54, 1.807) is 13.3 Å². The lowest BCUT2D eigenvalue weighted by molar-refractivity contribution is 0.398. The highest BCUT2D eigenvalue weighted by Crippen LogP contribution is 2.36. The summed E-state index contributed by atoms with van der Waals surface area (Å²) in [7, 11) is 1.62. The van der Waals surface area contributed by atoms with E-state index in [4.69, 9.17) is 16.2 Å². The molecule has 0 bridgehead atoms. The van der Waals surface area contributed by atoms with Gasteiger partial charge in [-0.25, -0.2) is 4.98 Å². The number of fused-ring (bicyclic) bond motifs is 2. The van der Waals surface area contributed by atoms with Gasteiger partial charge < -0.3 is 16.2 Å². The molecular formula is C24H26BrN3O. The summed E-state index contributed by atoms with van der Waals surface area (Å²) in [6.45, 7) is 0. The van der Waals surface area contributed by atoms with E-state index in [2.05, 4.69) is 39.1 Å². The highest BCUT2D eigenvalue weighted by molar-refractivity contribution is 9.10. The van der Waals surface area contributed by atoms with Gasteiger partial charge in [0.15, 0.2) is 0 Å². The van der Waals surface area contributed by atoms with E-state index in [-0.39, 0.29) is 0 Å². The van der Waals surface area contributed by atoms with Crippen molar-refractivity contribution in [3.05, 3.63) is 69.3 Å². The number of ether oxygens (including phenoxy) is 1. The van der Waals surface area contributed by atoms with Crippen LogP contribution in [0, 0.1) is 0 Å². The number of hydrogen-bond donors (Lipinski definition) is 2. The largest absolute Gasteiger partial charge is 0.481 e. The van der Waals surface area contributed by atoms with Gasteiger partial charge in [0.2, 0.25) is 5.88 Å². The van der Waals surface area contributed by atoms with Crippen LogP contribution in [0.4, 0.5) is 11.4 Å². The molecule has 0 amide bonds. The van der Waals surface area contributed by atoms with Crippen LogP contribution >= 0.6 is 15.9 Å². The Balaban J connectivity index is 0.000000159. The quantitative estimate of drug-likeness (QED) is 0.515. The average Bonchev–Trinajstić information content (AvgIpc) is 3.42. The molecule has 0 spiro atoms. The molecule has 150 valence electrons. The van der Waals surface area contributed by atoms with Crippen LogP contribution in [0.5, 0.6) is 5.88 Å². The lowest BCUT2D eigenvalue weighted by Gasteiger charge is -2.11. The number of halogens is 1. The predicted octanol–water partition coefficient (Wildman–Crippen LogP) is 5.35. The number of benzene rings is 2. The first kappa shape index (κ1) is 19.8. The molecule has 0 atom stereocenters. The number of nitrogen functional groups attached to an aromatic ring is 2. The minimum atomic E-state index is 0.618. The second-order valence-corrected chi connectivity index (χ2v) is 8.41. The second-order valence-electron chi connectivity index (χ2n) is 7.56. The Morgan fingerprint density at radius 2 is 1.52 bits per heavy atom. The third-order valence-corrected chi connectivity index (χ3v) is 6.55. The fourth-order valence-electron chi connectivity index (χ4n) is 4.30. The molecule has 2 aromatic carbocycles. The maximum absolute atomic E-state index is 6.30. The number of methoxy groups -OCH3 is 1. The Bertz CT molecular complexity index is 1050. The van der Waals surface area contributed by atoms with Gasteiger partial charge in [0.25, 0.3) is 0 Å². The molecular weight excluding hydrogens is 426 g/mol. The monoisotopic (exact) mass is 451 g/mol. The first-order valence-electron chi connectivity index (χ1n) is 10.0. The molecule has 3 aromatic rings. The molecule has 0 saturated heterocycles. The first-order chi connectivity index (χ1) is 14.1. The van der Waals surface area contributed by atoms with Crippen molar-refractivity contribution in [2.24, 2.45) is 0 Å². The molecule has 1 heterocycles. The number of aryl methyl sites for hydroxylation is 2. The van der Waals surface area contributed by atoms with Gasteiger partial charge in [0.05, 0.1) is 7.11 Å². The fourth-order valence-corrected chi connectivity index (χ4v) is 4.67.